The van der Waals surface area contributed by atoms with Gasteiger partial charge in [0.15, 0.2) is 0 Å². The number of esters is 1. The fourth-order valence-corrected chi connectivity index (χ4v) is 2.87. The number of carboxylic acid groups (broad SMARTS) is 1. The number of rotatable bonds is 2. The Bertz CT molecular complexity index is 812. The van der Waals surface area contributed by atoms with E-state index in [4.69, 9.17) is 14.6 Å². The molecule has 0 atom stereocenters. The van der Waals surface area contributed by atoms with Crippen molar-refractivity contribution in [1.29, 1.82) is 0 Å². The summed E-state index contributed by atoms with van der Waals surface area (Å²) in [6.45, 7) is 1.25. The van der Waals surface area contributed by atoms with Gasteiger partial charge in [0.1, 0.15) is 22.6 Å². The summed E-state index contributed by atoms with van der Waals surface area (Å²) in [5.74, 6) is -0.0214. The molecule has 1 N–H and O–H groups in total. The summed E-state index contributed by atoms with van der Waals surface area (Å²) in [5.41, 5.74) is 2.88. The Kier molecular flexibility index (Phi) is 4.88. The van der Waals surface area contributed by atoms with Gasteiger partial charge in [-0.15, -0.1) is 0 Å². The fraction of sp³-hybridized carbons (Fsp3) is 0.263. The van der Waals surface area contributed by atoms with E-state index in [0.717, 1.165) is 24.0 Å². The third-order valence-corrected chi connectivity index (χ3v) is 4.06. The van der Waals surface area contributed by atoms with Gasteiger partial charge < -0.3 is 19.3 Å². The van der Waals surface area contributed by atoms with Gasteiger partial charge in [0.25, 0.3) is 0 Å². The van der Waals surface area contributed by atoms with Crippen molar-refractivity contribution in [1.82, 2.24) is 0 Å². The molecule has 2 aliphatic heterocycles. The molecule has 0 unspecified atom stereocenters. The molecule has 2 aromatic rings. The molecule has 0 bridgehead atoms. The predicted molar refractivity (Wildman–Crippen MR) is 89.6 cm³/mol. The van der Waals surface area contributed by atoms with Crippen LogP contribution in [-0.4, -0.2) is 37.4 Å². The zero-order valence-corrected chi connectivity index (χ0v) is 13.8. The number of benzene rings is 2. The van der Waals surface area contributed by atoms with Crippen LogP contribution in [0.2, 0.25) is 0 Å². The number of aromatic carboxylic acids is 1. The number of carbonyl (C=O) groups is 2. The molecule has 2 heterocycles. The van der Waals surface area contributed by atoms with Gasteiger partial charge in [0.2, 0.25) is 0 Å². The summed E-state index contributed by atoms with van der Waals surface area (Å²) < 4.78 is 15.2. The quantitative estimate of drug-likeness (QED) is 0.845. The second-order valence-corrected chi connectivity index (χ2v) is 5.58. The molecule has 0 amide bonds. The lowest BCUT2D eigenvalue weighted by atomic mass is 10.1. The van der Waals surface area contributed by atoms with Crippen LogP contribution in [0.15, 0.2) is 36.4 Å². The SMILES string of the molecule is COC(=O)c1cccc2c1OCC2.O=C(O)c1cccc2c1OCC2. The second-order valence-electron chi connectivity index (χ2n) is 5.58. The van der Waals surface area contributed by atoms with Crippen LogP contribution in [0.4, 0.5) is 0 Å². The summed E-state index contributed by atoms with van der Waals surface area (Å²) >= 11 is 0. The maximum absolute atomic E-state index is 11.3. The number of carboxylic acids is 1. The van der Waals surface area contributed by atoms with Crippen LogP contribution in [0.25, 0.3) is 0 Å². The van der Waals surface area contributed by atoms with Gasteiger partial charge >= 0.3 is 11.9 Å². The van der Waals surface area contributed by atoms with E-state index in [1.54, 1.807) is 18.2 Å². The molecule has 0 fully saturated rings. The molecule has 0 aromatic heterocycles. The van der Waals surface area contributed by atoms with Crippen molar-refractivity contribution < 1.29 is 28.9 Å². The van der Waals surface area contributed by atoms with Crippen molar-refractivity contribution in [3.63, 3.8) is 0 Å². The highest BCUT2D eigenvalue weighted by Crippen LogP contribution is 2.30. The molecule has 2 aliphatic rings. The number of carbonyl (C=O) groups excluding carboxylic acids is 1. The normalized spacial score (nSPS) is 13.5. The first kappa shape index (κ1) is 16.8. The Morgan fingerprint density at radius 1 is 0.920 bits per heavy atom. The fourth-order valence-electron chi connectivity index (χ4n) is 2.87. The molecule has 4 rings (SSSR count). The van der Waals surface area contributed by atoms with Crippen LogP contribution in [0.3, 0.4) is 0 Å². The minimum absolute atomic E-state index is 0.269. The lowest BCUT2D eigenvalue weighted by Gasteiger charge is -2.04. The smallest absolute Gasteiger partial charge is 0.341 e. The highest BCUT2D eigenvalue weighted by Gasteiger charge is 2.20. The minimum Gasteiger partial charge on any atom is -0.492 e. The molecule has 0 radical (unpaired) electrons. The van der Waals surface area contributed by atoms with Crippen molar-refractivity contribution >= 4 is 11.9 Å². The number of methoxy groups -OCH3 is 1. The Labute approximate surface area is 144 Å². The molecule has 0 saturated heterocycles. The first-order valence-corrected chi connectivity index (χ1v) is 7.92. The third kappa shape index (κ3) is 3.42. The lowest BCUT2D eigenvalue weighted by molar-refractivity contribution is 0.0596. The first-order chi connectivity index (χ1) is 12.1. The van der Waals surface area contributed by atoms with E-state index in [-0.39, 0.29) is 11.5 Å². The van der Waals surface area contributed by atoms with E-state index in [2.05, 4.69) is 4.74 Å². The Balaban J connectivity index is 0.000000146. The maximum Gasteiger partial charge on any atom is 0.341 e. The van der Waals surface area contributed by atoms with Crippen molar-refractivity contribution in [2.75, 3.05) is 20.3 Å². The van der Waals surface area contributed by atoms with Gasteiger partial charge in [-0.1, -0.05) is 24.3 Å². The molecular weight excluding hydrogens is 324 g/mol. The van der Waals surface area contributed by atoms with Crippen molar-refractivity contribution in [3.05, 3.63) is 58.7 Å². The monoisotopic (exact) mass is 342 g/mol. The average molecular weight is 342 g/mol. The van der Waals surface area contributed by atoms with Gasteiger partial charge in [-0.3, -0.25) is 0 Å². The molecule has 0 spiro atoms. The van der Waals surface area contributed by atoms with Crippen LogP contribution in [0.5, 0.6) is 11.5 Å². The Hall–Kier alpha value is -3.02. The summed E-state index contributed by atoms with van der Waals surface area (Å²) in [6, 6.07) is 10.7. The largest absolute Gasteiger partial charge is 0.492 e. The van der Waals surface area contributed by atoms with Crippen LogP contribution < -0.4 is 9.47 Å². The van der Waals surface area contributed by atoms with Gasteiger partial charge in [-0.25, -0.2) is 9.59 Å². The van der Waals surface area contributed by atoms with Crippen molar-refractivity contribution in [3.8, 4) is 11.5 Å². The summed E-state index contributed by atoms with van der Waals surface area (Å²) in [4.78, 5) is 22.0. The van der Waals surface area contributed by atoms with E-state index in [1.165, 1.54) is 7.11 Å². The molecule has 0 saturated carbocycles. The molecule has 6 nitrogen and oxygen atoms in total. The average Bonchev–Trinajstić information content (AvgIpc) is 3.29. The number of hydrogen-bond donors (Lipinski definition) is 1. The number of fused-ring (bicyclic) bond motifs is 2. The van der Waals surface area contributed by atoms with E-state index in [1.807, 2.05) is 18.2 Å². The van der Waals surface area contributed by atoms with E-state index in [9.17, 15) is 9.59 Å². The standard InChI is InChI=1S/C10H10O3.C9H8O3/c1-12-10(11)8-4-2-3-7-5-6-13-9(7)8;10-9(11)7-3-1-2-6-4-5-12-8(6)7/h2-4H,5-6H2,1H3;1-3H,4-5H2,(H,10,11). The van der Waals surface area contributed by atoms with Crippen LogP contribution in [0.1, 0.15) is 31.8 Å². The van der Waals surface area contributed by atoms with Gasteiger partial charge in [0, 0.05) is 12.8 Å². The first-order valence-electron chi connectivity index (χ1n) is 7.92. The number of hydrogen-bond acceptors (Lipinski definition) is 5. The van der Waals surface area contributed by atoms with Gasteiger partial charge in [-0.2, -0.15) is 0 Å². The summed E-state index contributed by atoms with van der Waals surface area (Å²) in [6.07, 6.45) is 1.69. The topological polar surface area (TPSA) is 82.1 Å². The molecule has 25 heavy (non-hydrogen) atoms. The van der Waals surface area contributed by atoms with Gasteiger partial charge in [-0.05, 0) is 23.3 Å². The molecule has 6 heteroatoms. The number of para-hydroxylation sites is 2. The zero-order valence-electron chi connectivity index (χ0n) is 13.8. The Morgan fingerprint density at radius 3 is 1.96 bits per heavy atom. The summed E-state index contributed by atoms with van der Waals surface area (Å²) in [5, 5.41) is 8.77. The van der Waals surface area contributed by atoms with E-state index >= 15 is 0 Å². The third-order valence-electron chi connectivity index (χ3n) is 4.06. The second kappa shape index (κ2) is 7.25. The van der Waals surface area contributed by atoms with Gasteiger partial charge in [0.05, 0.1) is 20.3 Å². The minimum atomic E-state index is -0.922. The summed E-state index contributed by atoms with van der Waals surface area (Å²) in [7, 11) is 1.37. The highest BCUT2D eigenvalue weighted by atomic mass is 16.5. The van der Waals surface area contributed by atoms with Crippen molar-refractivity contribution in [2.45, 2.75) is 12.8 Å². The van der Waals surface area contributed by atoms with E-state index in [0.29, 0.717) is 30.3 Å². The lowest BCUT2D eigenvalue weighted by Crippen LogP contribution is -2.03. The van der Waals surface area contributed by atoms with Crippen LogP contribution in [0, 0.1) is 0 Å². The van der Waals surface area contributed by atoms with Crippen molar-refractivity contribution in [2.24, 2.45) is 0 Å². The predicted octanol–water partition coefficient (Wildman–Crippen LogP) is 2.73. The van der Waals surface area contributed by atoms with Crippen LogP contribution in [-0.2, 0) is 17.6 Å². The Morgan fingerprint density at radius 2 is 1.44 bits per heavy atom. The highest BCUT2D eigenvalue weighted by molar-refractivity contribution is 5.93. The van der Waals surface area contributed by atoms with E-state index < -0.39 is 5.97 Å². The maximum atomic E-state index is 11.3. The molecule has 130 valence electrons. The molecule has 0 aliphatic carbocycles. The zero-order chi connectivity index (χ0) is 17.8. The molecular formula is C19H18O6. The molecule has 2 aromatic carbocycles. The van der Waals surface area contributed by atoms with Crippen LogP contribution >= 0.6 is 0 Å². The number of ether oxygens (including phenoxy) is 3.